The predicted molar refractivity (Wildman–Crippen MR) is 129 cm³/mol. The van der Waals surface area contributed by atoms with Gasteiger partial charge in [-0.25, -0.2) is 0 Å². The standard InChI is InChI=1S/C25H28N4O4S/c30-24(27-21-13-5-3-11-19(21)25(31)26-18-9-1-2-10-18)17-8-7-15-29(16-17)23-20-12-4-6-14-22(20)34(32,33)28-23/h3-6,11-14,17-18H,1-2,7-10,15-16H2,(H,26,31)(H,27,30). The van der Waals surface area contributed by atoms with Gasteiger partial charge in [0.05, 0.1) is 17.2 Å². The number of amidine groups is 1. The topological polar surface area (TPSA) is 108 Å². The monoisotopic (exact) mass is 480 g/mol. The van der Waals surface area contributed by atoms with Crippen LogP contribution >= 0.6 is 0 Å². The summed E-state index contributed by atoms with van der Waals surface area (Å²) in [6, 6.07) is 14.0. The van der Waals surface area contributed by atoms with Crippen molar-refractivity contribution in [3.63, 3.8) is 0 Å². The zero-order chi connectivity index (χ0) is 23.7. The molecule has 1 aliphatic carbocycles. The van der Waals surface area contributed by atoms with E-state index in [4.69, 9.17) is 0 Å². The van der Waals surface area contributed by atoms with Crippen molar-refractivity contribution in [2.45, 2.75) is 49.5 Å². The molecular weight excluding hydrogens is 452 g/mol. The Bertz CT molecular complexity index is 1250. The van der Waals surface area contributed by atoms with E-state index in [-0.39, 0.29) is 28.7 Å². The first-order valence-electron chi connectivity index (χ1n) is 11.8. The van der Waals surface area contributed by atoms with Crippen molar-refractivity contribution in [2.24, 2.45) is 10.3 Å². The summed E-state index contributed by atoms with van der Waals surface area (Å²) in [6.45, 7) is 0.998. The van der Waals surface area contributed by atoms with Crippen LogP contribution in [0.15, 0.2) is 57.8 Å². The van der Waals surface area contributed by atoms with Crippen LogP contribution in [0, 0.1) is 5.92 Å². The van der Waals surface area contributed by atoms with Gasteiger partial charge in [0.25, 0.3) is 15.9 Å². The molecule has 0 aromatic heterocycles. The van der Waals surface area contributed by atoms with Gasteiger partial charge in [-0.1, -0.05) is 37.1 Å². The van der Waals surface area contributed by atoms with Gasteiger partial charge in [0.2, 0.25) is 5.91 Å². The number of likely N-dealkylation sites (tertiary alicyclic amines) is 1. The largest absolute Gasteiger partial charge is 0.355 e. The van der Waals surface area contributed by atoms with Crippen LogP contribution in [0.2, 0.25) is 0 Å². The number of carbonyl (C=O) groups excluding carboxylic acids is 2. The average Bonchev–Trinajstić information content (AvgIpc) is 3.45. The maximum atomic E-state index is 13.2. The first kappa shape index (κ1) is 22.6. The Balaban J connectivity index is 1.30. The normalized spacial score (nSPS) is 21.6. The van der Waals surface area contributed by atoms with E-state index in [0.717, 1.165) is 32.1 Å². The molecule has 2 heterocycles. The first-order valence-corrected chi connectivity index (χ1v) is 13.3. The molecule has 5 rings (SSSR count). The quantitative estimate of drug-likeness (QED) is 0.699. The highest BCUT2D eigenvalue weighted by molar-refractivity contribution is 7.90. The molecule has 178 valence electrons. The molecule has 1 atom stereocenters. The van der Waals surface area contributed by atoms with E-state index in [2.05, 4.69) is 15.0 Å². The number of anilines is 1. The second-order valence-electron chi connectivity index (χ2n) is 9.16. The Morgan fingerprint density at radius 1 is 0.941 bits per heavy atom. The smallest absolute Gasteiger partial charge is 0.285 e. The summed E-state index contributed by atoms with van der Waals surface area (Å²) in [5.41, 5.74) is 1.53. The van der Waals surface area contributed by atoms with Crippen molar-refractivity contribution in [1.82, 2.24) is 10.2 Å². The Kier molecular flexibility index (Phi) is 6.12. The third kappa shape index (κ3) is 4.44. The van der Waals surface area contributed by atoms with Crippen LogP contribution in [-0.2, 0) is 14.8 Å². The lowest BCUT2D eigenvalue weighted by molar-refractivity contribution is -0.121. The molecule has 0 radical (unpaired) electrons. The molecule has 34 heavy (non-hydrogen) atoms. The summed E-state index contributed by atoms with van der Waals surface area (Å²) >= 11 is 0. The van der Waals surface area contributed by atoms with Crippen molar-refractivity contribution in [3.8, 4) is 0 Å². The van der Waals surface area contributed by atoms with E-state index in [0.29, 0.717) is 42.2 Å². The molecule has 0 spiro atoms. The zero-order valence-corrected chi connectivity index (χ0v) is 19.7. The van der Waals surface area contributed by atoms with Crippen molar-refractivity contribution >= 4 is 33.4 Å². The van der Waals surface area contributed by atoms with Gasteiger partial charge in [-0.05, 0) is 49.9 Å². The predicted octanol–water partition coefficient (Wildman–Crippen LogP) is 3.16. The molecule has 2 aromatic rings. The number of amides is 2. The van der Waals surface area contributed by atoms with Crippen molar-refractivity contribution in [2.75, 3.05) is 18.4 Å². The lowest BCUT2D eigenvalue weighted by Crippen LogP contribution is -2.44. The Hall–Kier alpha value is -3.20. The van der Waals surface area contributed by atoms with Crippen LogP contribution in [0.3, 0.4) is 0 Å². The van der Waals surface area contributed by atoms with Gasteiger partial charge in [0.15, 0.2) is 5.84 Å². The highest BCUT2D eigenvalue weighted by Crippen LogP contribution is 2.30. The fraction of sp³-hybridized carbons (Fsp3) is 0.400. The van der Waals surface area contributed by atoms with Gasteiger partial charge >= 0.3 is 0 Å². The Labute approximate surface area is 199 Å². The molecule has 2 fully saturated rings. The van der Waals surface area contributed by atoms with Gasteiger partial charge in [-0.15, -0.1) is 4.40 Å². The second-order valence-corrected chi connectivity index (χ2v) is 10.7. The Morgan fingerprint density at radius 3 is 2.50 bits per heavy atom. The van der Waals surface area contributed by atoms with E-state index in [1.165, 1.54) is 0 Å². The van der Waals surface area contributed by atoms with Crippen molar-refractivity contribution < 1.29 is 18.0 Å². The van der Waals surface area contributed by atoms with Crippen LogP contribution in [0.1, 0.15) is 54.4 Å². The summed E-state index contributed by atoms with van der Waals surface area (Å²) in [7, 11) is -3.71. The molecular formula is C25H28N4O4S. The third-order valence-corrected chi connectivity index (χ3v) is 8.15. The van der Waals surface area contributed by atoms with Gasteiger partial charge in [-0.3, -0.25) is 9.59 Å². The number of nitrogens with one attached hydrogen (secondary N) is 2. The molecule has 3 aliphatic rings. The number of carbonyl (C=O) groups is 2. The first-order chi connectivity index (χ1) is 16.4. The molecule has 2 aromatic carbocycles. The number of para-hydroxylation sites is 1. The van der Waals surface area contributed by atoms with E-state index >= 15 is 0 Å². The van der Waals surface area contributed by atoms with Gasteiger partial charge in [0, 0.05) is 24.7 Å². The summed E-state index contributed by atoms with van der Waals surface area (Å²) in [6.07, 6.45) is 5.64. The highest BCUT2D eigenvalue weighted by Gasteiger charge is 2.35. The summed E-state index contributed by atoms with van der Waals surface area (Å²) in [5.74, 6) is -0.293. The number of fused-ring (bicyclic) bond motifs is 1. The lowest BCUT2D eigenvalue weighted by Gasteiger charge is -2.33. The SMILES string of the molecule is O=C(NC1CCCC1)c1ccccc1NC(=O)C1CCCN(C2=NS(=O)(=O)c3ccccc32)C1. The molecule has 1 saturated heterocycles. The van der Waals surface area contributed by atoms with Gasteiger partial charge in [-0.2, -0.15) is 8.42 Å². The van der Waals surface area contributed by atoms with Crippen molar-refractivity contribution in [1.29, 1.82) is 0 Å². The van der Waals surface area contributed by atoms with Crippen LogP contribution in [0.5, 0.6) is 0 Å². The number of rotatable bonds is 4. The van der Waals surface area contributed by atoms with Crippen molar-refractivity contribution in [3.05, 3.63) is 59.7 Å². The maximum absolute atomic E-state index is 13.2. The van der Waals surface area contributed by atoms with E-state index in [9.17, 15) is 18.0 Å². The minimum atomic E-state index is -3.71. The minimum Gasteiger partial charge on any atom is -0.355 e. The zero-order valence-electron chi connectivity index (χ0n) is 18.9. The molecule has 8 nitrogen and oxygen atoms in total. The number of piperidine rings is 1. The third-order valence-electron chi connectivity index (χ3n) is 6.82. The molecule has 9 heteroatoms. The number of hydrogen-bond donors (Lipinski definition) is 2. The number of sulfonamides is 1. The lowest BCUT2D eigenvalue weighted by atomic mass is 9.96. The van der Waals surface area contributed by atoms with E-state index < -0.39 is 10.0 Å². The van der Waals surface area contributed by atoms with Crippen LogP contribution in [-0.4, -0.2) is 50.1 Å². The van der Waals surface area contributed by atoms with Gasteiger partial charge in [0.1, 0.15) is 4.90 Å². The van der Waals surface area contributed by atoms with Crippen LogP contribution in [0.4, 0.5) is 5.69 Å². The highest BCUT2D eigenvalue weighted by atomic mass is 32.2. The summed E-state index contributed by atoms with van der Waals surface area (Å²) in [5, 5.41) is 6.03. The maximum Gasteiger partial charge on any atom is 0.285 e. The van der Waals surface area contributed by atoms with E-state index in [1.807, 2.05) is 4.90 Å². The molecule has 0 bridgehead atoms. The fourth-order valence-electron chi connectivity index (χ4n) is 5.06. The molecule has 1 unspecified atom stereocenters. The van der Waals surface area contributed by atoms with Crippen LogP contribution < -0.4 is 10.6 Å². The minimum absolute atomic E-state index is 0.171. The second kappa shape index (κ2) is 9.21. The average molecular weight is 481 g/mol. The fourth-order valence-corrected chi connectivity index (χ4v) is 6.29. The molecule has 1 saturated carbocycles. The number of hydrogen-bond acceptors (Lipinski definition) is 5. The number of nitrogens with zero attached hydrogens (tertiary/aromatic N) is 2. The Morgan fingerprint density at radius 2 is 1.68 bits per heavy atom. The number of benzene rings is 2. The molecule has 2 aliphatic heterocycles. The summed E-state index contributed by atoms with van der Waals surface area (Å²) < 4.78 is 28.9. The molecule has 2 N–H and O–H groups in total. The summed E-state index contributed by atoms with van der Waals surface area (Å²) in [4.78, 5) is 28.1. The molecule has 2 amide bonds. The van der Waals surface area contributed by atoms with E-state index in [1.54, 1.807) is 48.5 Å². The van der Waals surface area contributed by atoms with Crippen LogP contribution in [0.25, 0.3) is 0 Å². The van der Waals surface area contributed by atoms with Gasteiger partial charge < -0.3 is 15.5 Å².